The Morgan fingerprint density at radius 1 is 1.32 bits per heavy atom. The largest absolute Gasteiger partial charge is 0.406 e. The van der Waals surface area contributed by atoms with Gasteiger partial charge in [0.1, 0.15) is 5.54 Å². The van der Waals surface area contributed by atoms with Gasteiger partial charge >= 0.3 is 6.18 Å². The van der Waals surface area contributed by atoms with Crippen molar-refractivity contribution in [3.63, 3.8) is 0 Å². The topological polar surface area (TPSA) is 41.1 Å². The molecular weight excluding hydrogens is 281 g/mol. The van der Waals surface area contributed by atoms with Crippen molar-refractivity contribution in [2.75, 3.05) is 11.9 Å². The lowest BCUT2D eigenvalue weighted by atomic mass is 10.2. The Kier molecular flexibility index (Phi) is 3.73. The number of hydrogen-bond acceptors (Lipinski definition) is 2. The van der Waals surface area contributed by atoms with E-state index in [1.165, 1.54) is 0 Å². The summed E-state index contributed by atoms with van der Waals surface area (Å²) in [7, 11) is 0. The van der Waals surface area contributed by atoms with Crippen molar-refractivity contribution in [2.45, 2.75) is 24.6 Å². The van der Waals surface area contributed by atoms with Crippen LogP contribution in [0.25, 0.3) is 0 Å². The van der Waals surface area contributed by atoms with Crippen LogP contribution >= 0.6 is 11.6 Å². The van der Waals surface area contributed by atoms with E-state index in [2.05, 4.69) is 10.6 Å². The first-order chi connectivity index (χ1) is 8.84. The number of carbonyl (C=O) groups excluding carboxylic acids is 1. The quantitative estimate of drug-likeness (QED) is 0.896. The maximum absolute atomic E-state index is 12.6. The van der Waals surface area contributed by atoms with Crippen LogP contribution in [0.3, 0.4) is 0 Å². The predicted octanol–water partition coefficient (Wildman–Crippen LogP) is 2.96. The van der Waals surface area contributed by atoms with Gasteiger partial charge in [0.15, 0.2) is 0 Å². The minimum atomic E-state index is -4.32. The van der Waals surface area contributed by atoms with E-state index < -0.39 is 24.2 Å². The van der Waals surface area contributed by atoms with Crippen molar-refractivity contribution in [1.29, 1.82) is 0 Å². The number of nitrogens with one attached hydrogen (secondary N) is 2. The number of carbonyl (C=O) groups is 1. The molecule has 1 aromatic rings. The van der Waals surface area contributed by atoms with E-state index in [1.807, 2.05) is 0 Å². The average molecular weight is 293 g/mol. The standard InChI is InChI=1S/C12H12ClF3N2O/c13-8-3-1-2-4-9(8)18-10(19)7-17-11(5-6-11)12(14,15)16/h1-4,17H,5-7H2,(H,18,19). The fourth-order valence-electron chi connectivity index (χ4n) is 1.69. The van der Waals surface area contributed by atoms with Crippen LogP contribution in [0.5, 0.6) is 0 Å². The zero-order valence-electron chi connectivity index (χ0n) is 9.85. The zero-order chi connectivity index (χ0) is 14.1. The van der Waals surface area contributed by atoms with Crippen LogP contribution in [-0.4, -0.2) is 24.2 Å². The third-order valence-electron chi connectivity index (χ3n) is 3.03. The first-order valence-electron chi connectivity index (χ1n) is 5.70. The van der Waals surface area contributed by atoms with E-state index in [0.717, 1.165) is 0 Å². The highest BCUT2D eigenvalue weighted by Gasteiger charge is 2.63. The molecule has 1 fully saturated rings. The van der Waals surface area contributed by atoms with Gasteiger partial charge in [-0.1, -0.05) is 23.7 Å². The molecule has 7 heteroatoms. The molecular formula is C12H12ClF3N2O. The van der Waals surface area contributed by atoms with Gasteiger partial charge in [0.25, 0.3) is 0 Å². The lowest BCUT2D eigenvalue weighted by Gasteiger charge is -2.20. The smallest absolute Gasteiger partial charge is 0.324 e. The highest BCUT2D eigenvalue weighted by Crippen LogP contribution is 2.48. The number of hydrogen-bond donors (Lipinski definition) is 2. The Balaban J connectivity index is 1.88. The molecule has 2 N–H and O–H groups in total. The molecule has 0 aromatic heterocycles. The van der Waals surface area contributed by atoms with Gasteiger partial charge in [0.05, 0.1) is 17.3 Å². The van der Waals surface area contributed by atoms with Crippen molar-refractivity contribution < 1.29 is 18.0 Å². The van der Waals surface area contributed by atoms with Crippen LogP contribution in [0.2, 0.25) is 5.02 Å². The molecule has 104 valence electrons. The van der Waals surface area contributed by atoms with E-state index >= 15 is 0 Å². The number of amides is 1. The summed E-state index contributed by atoms with van der Waals surface area (Å²) in [6.07, 6.45) is -4.30. The van der Waals surface area contributed by atoms with Crippen molar-refractivity contribution in [3.8, 4) is 0 Å². The molecule has 0 bridgehead atoms. The van der Waals surface area contributed by atoms with Crippen molar-refractivity contribution in [3.05, 3.63) is 29.3 Å². The summed E-state index contributed by atoms with van der Waals surface area (Å²) in [6, 6.07) is 6.53. The number of anilines is 1. The Morgan fingerprint density at radius 2 is 1.95 bits per heavy atom. The van der Waals surface area contributed by atoms with Crippen LogP contribution in [0.15, 0.2) is 24.3 Å². The molecule has 1 saturated carbocycles. The van der Waals surface area contributed by atoms with Crippen LogP contribution in [0.4, 0.5) is 18.9 Å². The molecule has 0 heterocycles. The van der Waals surface area contributed by atoms with Gasteiger partial charge in [0.2, 0.25) is 5.91 Å². The highest BCUT2D eigenvalue weighted by molar-refractivity contribution is 6.33. The highest BCUT2D eigenvalue weighted by atomic mass is 35.5. The molecule has 1 aliphatic carbocycles. The summed E-state index contributed by atoms with van der Waals surface area (Å²) in [5.41, 5.74) is -1.50. The second-order valence-corrected chi connectivity index (χ2v) is 4.87. The fourth-order valence-corrected chi connectivity index (χ4v) is 1.87. The second-order valence-electron chi connectivity index (χ2n) is 4.46. The Morgan fingerprint density at radius 3 is 2.47 bits per heavy atom. The summed E-state index contributed by atoms with van der Waals surface area (Å²) >= 11 is 5.83. The fraction of sp³-hybridized carbons (Fsp3) is 0.417. The molecule has 1 aromatic carbocycles. The SMILES string of the molecule is O=C(CNC1(C(F)(F)F)CC1)Nc1ccccc1Cl. The molecule has 3 nitrogen and oxygen atoms in total. The average Bonchev–Trinajstić information content (AvgIpc) is 3.10. The Hall–Kier alpha value is -1.27. The third-order valence-corrected chi connectivity index (χ3v) is 3.36. The van der Waals surface area contributed by atoms with Gasteiger partial charge in [-0.05, 0) is 25.0 Å². The number of halogens is 4. The van der Waals surface area contributed by atoms with E-state index in [4.69, 9.17) is 11.6 Å². The minimum absolute atomic E-state index is 0.00979. The van der Waals surface area contributed by atoms with Crippen molar-refractivity contribution in [2.24, 2.45) is 0 Å². The first kappa shape index (κ1) is 14.1. The lowest BCUT2D eigenvalue weighted by Crippen LogP contribution is -2.47. The minimum Gasteiger partial charge on any atom is -0.324 e. The molecule has 0 spiro atoms. The summed E-state index contributed by atoms with van der Waals surface area (Å²) < 4.78 is 37.9. The molecule has 1 aliphatic rings. The summed E-state index contributed by atoms with van der Waals surface area (Å²) in [4.78, 5) is 11.6. The number of rotatable bonds is 4. The molecule has 1 amide bonds. The van der Waals surface area contributed by atoms with Gasteiger partial charge in [-0.15, -0.1) is 0 Å². The zero-order valence-corrected chi connectivity index (χ0v) is 10.6. The first-order valence-corrected chi connectivity index (χ1v) is 6.08. The maximum Gasteiger partial charge on any atom is 0.406 e. The third kappa shape index (κ3) is 3.19. The summed E-state index contributed by atoms with van der Waals surface area (Å²) in [5.74, 6) is -0.552. The van der Waals surface area contributed by atoms with E-state index in [-0.39, 0.29) is 12.8 Å². The summed E-state index contributed by atoms with van der Waals surface area (Å²) in [5, 5.41) is 5.07. The predicted molar refractivity (Wildman–Crippen MR) is 66.1 cm³/mol. The monoisotopic (exact) mass is 292 g/mol. The normalized spacial score (nSPS) is 17.1. The summed E-state index contributed by atoms with van der Waals surface area (Å²) in [6.45, 7) is -0.398. The molecule has 0 radical (unpaired) electrons. The van der Waals surface area contributed by atoms with Gasteiger partial charge in [-0.3, -0.25) is 10.1 Å². The molecule has 0 atom stereocenters. The van der Waals surface area contributed by atoms with Crippen LogP contribution < -0.4 is 10.6 Å². The second kappa shape index (κ2) is 5.02. The van der Waals surface area contributed by atoms with Gasteiger partial charge < -0.3 is 5.32 Å². The van der Waals surface area contributed by atoms with Crippen LogP contribution in [0.1, 0.15) is 12.8 Å². The van der Waals surface area contributed by atoms with Crippen LogP contribution in [0, 0.1) is 0 Å². The van der Waals surface area contributed by atoms with Crippen molar-refractivity contribution in [1.82, 2.24) is 5.32 Å². The molecule has 19 heavy (non-hydrogen) atoms. The van der Waals surface area contributed by atoms with Crippen LogP contribution in [-0.2, 0) is 4.79 Å². The number of alkyl halides is 3. The molecule has 0 saturated heterocycles. The van der Waals surface area contributed by atoms with Crippen molar-refractivity contribution >= 4 is 23.2 Å². The molecule has 0 aliphatic heterocycles. The maximum atomic E-state index is 12.6. The lowest BCUT2D eigenvalue weighted by molar-refractivity contribution is -0.165. The van der Waals surface area contributed by atoms with E-state index in [0.29, 0.717) is 10.7 Å². The Bertz CT molecular complexity index is 486. The number of benzene rings is 1. The van der Waals surface area contributed by atoms with Gasteiger partial charge in [-0.2, -0.15) is 13.2 Å². The molecule has 0 unspecified atom stereocenters. The van der Waals surface area contributed by atoms with Gasteiger partial charge in [0, 0.05) is 0 Å². The van der Waals surface area contributed by atoms with E-state index in [1.54, 1.807) is 24.3 Å². The number of para-hydroxylation sites is 1. The Labute approximate surface area is 113 Å². The molecule has 2 rings (SSSR count). The van der Waals surface area contributed by atoms with E-state index in [9.17, 15) is 18.0 Å². The van der Waals surface area contributed by atoms with Gasteiger partial charge in [-0.25, -0.2) is 0 Å².